The maximum atomic E-state index is 9.18. The Balaban J connectivity index is 2.52. The normalized spacial score (nSPS) is 12.5. The van der Waals surface area contributed by atoms with Crippen LogP contribution in [-0.4, -0.2) is 35.8 Å². The Morgan fingerprint density at radius 3 is 2.88 bits per heavy atom. The van der Waals surface area contributed by atoms with Crippen molar-refractivity contribution in [1.29, 1.82) is 0 Å². The first-order valence-electron chi connectivity index (χ1n) is 4.86. The second kappa shape index (κ2) is 7.01. The van der Waals surface area contributed by atoms with Crippen LogP contribution in [0.15, 0.2) is 18.2 Å². The average Bonchev–Trinajstić information content (AvgIpc) is 2.31. The van der Waals surface area contributed by atoms with Gasteiger partial charge in [0.25, 0.3) is 0 Å². The molecule has 0 saturated heterocycles. The average molecular weight is 263 g/mol. The summed E-state index contributed by atoms with van der Waals surface area (Å²) in [4.78, 5) is 0. The van der Waals surface area contributed by atoms with Gasteiger partial charge in [0.2, 0.25) is 0 Å². The van der Waals surface area contributed by atoms with E-state index in [9.17, 15) is 5.11 Å². The number of aliphatic hydroxyl groups excluding tert-OH is 2. The van der Waals surface area contributed by atoms with Crippen LogP contribution in [0.3, 0.4) is 0 Å². The number of thioether (sulfide) groups is 1. The Kier molecular flexibility index (Phi) is 5.98. The molecule has 16 heavy (non-hydrogen) atoms. The van der Waals surface area contributed by atoms with Crippen LogP contribution < -0.4 is 4.74 Å². The SMILES string of the molecule is COc1ccc(Cl)c(CSC[C@H](O)CO)c1. The third-order valence-corrected chi connectivity index (χ3v) is 3.54. The molecule has 0 aliphatic carbocycles. The predicted molar refractivity (Wildman–Crippen MR) is 67.3 cm³/mol. The van der Waals surface area contributed by atoms with Crippen molar-refractivity contribution in [2.45, 2.75) is 11.9 Å². The van der Waals surface area contributed by atoms with Crippen molar-refractivity contribution < 1.29 is 14.9 Å². The smallest absolute Gasteiger partial charge is 0.119 e. The van der Waals surface area contributed by atoms with Crippen molar-refractivity contribution in [1.82, 2.24) is 0 Å². The van der Waals surface area contributed by atoms with Gasteiger partial charge < -0.3 is 14.9 Å². The van der Waals surface area contributed by atoms with Gasteiger partial charge in [-0.2, -0.15) is 11.8 Å². The third kappa shape index (κ3) is 4.22. The lowest BCUT2D eigenvalue weighted by atomic mass is 10.2. The van der Waals surface area contributed by atoms with Gasteiger partial charge in [0, 0.05) is 16.5 Å². The Labute approximate surface area is 104 Å². The molecule has 2 N–H and O–H groups in total. The van der Waals surface area contributed by atoms with Crippen molar-refractivity contribution in [2.75, 3.05) is 19.5 Å². The fraction of sp³-hybridized carbons (Fsp3) is 0.455. The van der Waals surface area contributed by atoms with Crippen LogP contribution in [0, 0.1) is 0 Å². The molecule has 90 valence electrons. The lowest BCUT2D eigenvalue weighted by Crippen LogP contribution is -2.14. The van der Waals surface area contributed by atoms with Crippen molar-refractivity contribution in [3.63, 3.8) is 0 Å². The molecule has 1 atom stereocenters. The standard InChI is InChI=1S/C11H15ClO3S/c1-15-10-2-3-11(12)8(4-10)6-16-7-9(14)5-13/h2-4,9,13-14H,5-7H2,1H3/t9-/m1/s1. The van der Waals surface area contributed by atoms with Crippen LogP contribution in [0.5, 0.6) is 5.75 Å². The molecule has 0 aliphatic heterocycles. The van der Waals surface area contributed by atoms with Gasteiger partial charge in [-0.15, -0.1) is 0 Å². The van der Waals surface area contributed by atoms with E-state index >= 15 is 0 Å². The highest BCUT2D eigenvalue weighted by Gasteiger charge is 2.05. The van der Waals surface area contributed by atoms with Crippen LogP contribution in [0.25, 0.3) is 0 Å². The molecule has 0 spiro atoms. The molecular formula is C11H15ClO3S. The first-order valence-corrected chi connectivity index (χ1v) is 6.39. The summed E-state index contributed by atoms with van der Waals surface area (Å²) in [6, 6.07) is 5.47. The van der Waals surface area contributed by atoms with E-state index in [1.54, 1.807) is 19.2 Å². The summed E-state index contributed by atoms with van der Waals surface area (Å²) < 4.78 is 5.10. The van der Waals surface area contributed by atoms with E-state index in [-0.39, 0.29) is 6.61 Å². The maximum Gasteiger partial charge on any atom is 0.119 e. The van der Waals surface area contributed by atoms with Crippen LogP contribution >= 0.6 is 23.4 Å². The van der Waals surface area contributed by atoms with Crippen molar-refractivity contribution in [2.24, 2.45) is 0 Å². The van der Waals surface area contributed by atoms with Gasteiger partial charge in [-0.05, 0) is 23.8 Å². The molecule has 0 aromatic heterocycles. The minimum absolute atomic E-state index is 0.209. The summed E-state index contributed by atoms with van der Waals surface area (Å²) in [6.45, 7) is -0.209. The Bertz CT molecular complexity index is 333. The van der Waals surface area contributed by atoms with Gasteiger partial charge >= 0.3 is 0 Å². The van der Waals surface area contributed by atoms with Crippen molar-refractivity contribution in [3.05, 3.63) is 28.8 Å². The molecule has 5 heteroatoms. The first kappa shape index (κ1) is 13.6. The monoisotopic (exact) mass is 262 g/mol. The van der Waals surface area contributed by atoms with Crippen LogP contribution in [-0.2, 0) is 5.75 Å². The Morgan fingerprint density at radius 2 is 2.25 bits per heavy atom. The minimum atomic E-state index is -0.672. The van der Waals surface area contributed by atoms with E-state index in [4.69, 9.17) is 21.4 Å². The molecule has 0 radical (unpaired) electrons. The molecule has 0 bridgehead atoms. The van der Waals surface area contributed by atoms with Crippen LogP contribution in [0.4, 0.5) is 0 Å². The summed E-state index contributed by atoms with van der Waals surface area (Å²) in [6.07, 6.45) is -0.672. The topological polar surface area (TPSA) is 49.7 Å². The minimum Gasteiger partial charge on any atom is -0.497 e. The Morgan fingerprint density at radius 1 is 1.50 bits per heavy atom. The highest BCUT2D eigenvalue weighted by Crippen LogP contribution is 2.25. The number of hydrogen-bond acceptors (Lipinski definition) is 4. The number of methoxy groups -OCH3 is 1. The maximum absolute atomic E-state index is 9.18. The molecule has 0 saturated carbocycles. The van der Waals surface area contributed by atoms with E-state index in [0.29, 0.717) is 16.5 Å². The molecule has 3 nitrogen and oxygen atoms in total. The largest absolute Gasteiger partial charge is 0.497 e. The van der Waals surface area contributed by atoms with Gasteiger partial charge in [0.15, 0.2) is 0 Å². The van der Waals surface area contributed by atoms with Gasteiger partial charge in [-0.25, -0.2) is 0 Å². The van der Waals surface area contributed by atoms with Crippen molar-refractivity contribution in [3.8, 4) is 5.75 Å². The number of aliphatic hydroxyl groups is 2. The summed E-state index contributed by atoms with van der Waals surface area (Å²) in [5, 5.41) is 18.5. The molecular weight excluding hydrogens is 248 g/mol. The van der Waals surface area contributed by atoms with E-state index < -0.39 is 6.10 Å². The summed E-state index contributed by atoms with van der Waals surface area (Å²) in [5.41, 5.74) is 0.969. The second-order valence-corrected chi connectivity index (χ2v) is 4.75. The zero-order valence-electron chi connectivity index (χ0n) is 9.02. The number of hydrogen-bond donors (Lipinski definition) is 2. The van der Waals surface area contributed by atoms with Crippen LogP contribution in [0.1, 0.15) is 5.56 Å². The lowest BCUT2D eigenvalue weighted by Gasteiger charge is -2.09. The fourth-order valence-electron chi connectivity index (χ4n) is 1.15. The number of benzene rings is 1. The number of halogens is 1. The molecule has 0 fully saturated rings. The van der Waals surface area contributed by atoms with Gasteiger partial charge in [0.05, 0.1) is 19.8 Å². The molecule has 0 heterocycles. The highest BCUT2D eigenvalue weighted by molar-refractivity contribution is 7.98. The highest BCUT2D eigenvalue weighted by atomic mass is 35.5. The van der Waals surface area contributed by atoms with Gasteiger partial charge in [0.1, 0.15) is 5.75 Å². The van der Waals surface area contributed by atoms with E-state index in [1.807, 2.05) is 6.07 Å². The van der Waals surface area contributed by atoms with E-state index in [2.05, 4.69) is 0 Å². The second-order valence-electron chi connectivity index (χ2n) is 3.31. The lowest BCUT2D eigenvalue weighted by molar-refractivity contribution is 0.113. The van der Waals surface area contributed by atoms with E-state index in [1.165, 1.54) is 11.8 Å². The zero-order valence-corrected chi connectivity index (χ0v) is 10.6. The Hall–Kier alpha value is -0.420. The molecule has 0 unspecified atom stereocenters. The van der Waals surface area contributed by atoms with Crippen molar-refractivity contribution >= 4 is 23.4 Å². The van der Waals surface area contributed by atoms with Crippen LogP contribution in [0.2, 0.25) is 5.02 Å². The number of ether oxygens (including phenoxy) is 1. The summed E-state index contributed by atoms with van der Waals surface area (Å²) >= 11 is 7.54. The number of rotatable bonds is 6. The first-order chi connectivity index (χ1) is 7.67. The summed E-state index contributed by atoms with van der Waals surface area (Å²) in [7, 11) is 1.61. The van der Waals surface area contributed by atoms with E-state index in [0.717, 1.165) is 11.3 Å². The van der Waals surface area contributed by atoms with Gasteiger partial charge in [-0.3, -0.25) is 0 Å². The third-order valence-electron chi connectivity index (χ3n) is 2.03. The molecule has 0 aliphatic rings. The molecule has 1 aromatic rings. The quantitative estimate of drug-likeness (QED) is 0.823. The van der Waals surface area contributed by atoms with Gasteiger partial charge in [-0.1, -0.05) is 11.6 Å². The zero-order chi connectivity index (χ0) is 12.0. The summed E-state index contributed by atoms with van der Waals surface area (Å²) in [5.74, 6) is 1.94. The molecule has 0 amide bonds. The predicted octanol–water partition coefficient (Wildman–Crippen LogP) is 1.93. The fourth-order valence-corrected chi connectivity index (χ4v) is 2.36. The molecule has 1 rings (SSSR count). The molecule has 1 aromatic carbocycles.